The van der Waals surface area contributed by atoms with Crippen LogP contribution in [0.15, 0.2) is 60.7 Å². The lowest BCUT2D eigenvalue weighted by atomic mass is 9.96. The van der Waals surface area contributed by atoms with Gasteiger partial charge in [-0.25, -0.2) is 0 Å². The van der Waals surface area contributed by atoms with Gasteiger partial charge in [0.25, 0.3) is 0 Å². The summed E-state index contributed by atoms with van der Waals surface area (Å²) in [6.45, 7) is 0. The van der Waals surface area contributed by atoms with E-state index in [4.69, 9.17) is 14.2 Å². The van der Waals surface area contributed by atoms with Crippen LogP contribution in [0, 0.1) is 0 Å². The summed E-state index contributed by atoms with van der Waals surface area (Å²) >= 11 is 1.79. The van der Waals surface area contributed by atoms with Gasteiger partial charge in [-0.05, 0) is 12.1 Å². The molecule has 0 spiro atoms. The van der Waals surface area contributed by atoms with E-state index >= 15 is 0 Å². The maximum Gasteiger partial charge on any atom is 0.239 e. The molecule has 1 heterocycles. The van der Waals surface area contributed by atoms with Crippen LogP contribution < -0.4 is 14.2 Å². The monoisotopic (exact) mass is 363 g/mol. The Hall–Kier alpha value is -2.85. The lowest BCUT2D eigenvalue weighted by Gasteiger charge is -2.16. The minimum absolute atomic E-state index is 0.704. The van der Waals surface area contributed by atoms with Crippen LogP contribution in [0.25, 0.3) is 31.3 Å². The van der Waals surface area contributed by atoms with Gasteiger partial charge in [-0.15, -0.1) is 0 Å². The molecule has 0 aliphatic rings. The second-order valence-electron chi connectivity index (χ2n) is 5.88. The van der Waals surface area contributed by atoms with E-state index in [1.807, 2.05) is 12.1 Å². The first-order valence-corrected chi connectivity index (χ1v) is 9.12. The van der Waals surface area contributed by atoms with Crippen molar-refractivity contribution in [2.24, 2.45) is 0 Å². The molecule has 1 aromatic heterocycles. The lowest BCUT2D eigenvalue weighted by Crippen LogP contribution is -1.96. The SMILES string of the molecule is COc1cc(OC)c(-c2c3ccccc3[s+]c3ccccc23)c(OC)c1. The van der Waals surface area contributed by atoms with Crippen LogP contribution in [0.2, 0.25) is 0 Å². The molecular weight excluding hydrogens is 344 g/mol. The fourth-order valence-corrected chi connectivity index (χ4v) is 4.40. The normalized spacial score (nSPS) is 10.9. The van der Waals surface area contributed by atoms with Crippen molar-refractivity contribution < 1.29 is 14.2 Å². The minimum atomic E-state index is 0.704. The average molecular weight is 363 g/mol. The Morgan fingerprint density at radius 3 is 1.58 bits per heavy atom. The van der Waals surface area contributed by atoms with E-state index in [-0.39, 0.29) is 0 Å². The van der Waals surface area contributed by atoms with Gasteiger partial charge in [-0.1, -0.05) is 24.3 Å². The molecule has 0 aliphatic heterocycles. The van der Waals surface area contributed by atoms with Gasteiger partial charge in [-0.2, -0.15) is 0 Å². The van der Waals surface area contributed by atoms with E-state index in [0.29, 0.717) is 5.75 Å². The topological polar surface area (TPSA) is 27.7 Å². The molecular formula is C22H19O3S+. The summed E-state index contributed by atoms with van der Waals surface area (Å²) in [4.78, 5) is 0. The van der Waals surface area contributed by atoms with Crippen molar-refractivity contribution >= 4 is 31.5 Å². The van der Waals surface area contributed by atoms with Crippen molar-refractivity contribution in [3.63, 3.8) is 0 Å². The molecule has 0 N–H and O–H groups in total. The Kier molecular flexibility index (Phi) is 4.35. The maximum atomic E-state index is 5.73. The van der Waals surface area contributed by atoms with Crippen LogP contribution in [0.3, 0.4) is 0 Å². The zero-order valence-corrected chi connectivity index (χ0v) is 15.7. The van der Waals surface area contributed by atoms with Crippen LogP contribution >= 0.6 is 11.3 Å². The Balaban J connectivity index is 2.20. The van der Waals surface area contributed by atoms with Crippen molar-refractivity contribution in [3.8, 4) is 28.4 Å². The van der Waals surface area contributed by atoms with Gasteiger partial charge in [0.05, 0.1) is 26.9 Å². The molecule has 0 saturated heterocycles. The number of rotatable bonds is 4. The standard InChI is InChI=1S/C22H19O3S/c1-23-14-12-17(24-2)22(18(13-14)25-3)21-15-8-4-6-10-19(15)26-20-11-7-5-9-16(20)21/h4-13H,1-3H3/q+1. The van der Waals surface area contributed by atoms with Crippen molar-refractivity contribution in [1.29, 1.82) is 0 Å². The summed E-state index contributed by atoms with van der Waals surface area (Å²) in [6.07, 6.45) is 0. The first kappa shape index (κ1) is 16.6. The van der Waals surface area contributed by atoms with Crippen molar-refractivity contribution in [2.45, 2.75) is 0 Å². The molecule has 0 aliphatic carbocycles. The third kappa shape index (κ3) is 2.63. The molecule has 0 bridgehead atoms. The molecule has 0 unspecified atom stereocenters. The first-order chi connectivity index (χ1) is 12.8. The first-order valence-electron chi connectivity index (χ1n) is 8.30. The minimum Gasteiger partial charge on any atom is -0.496 e. The summed E-state index contributed by atoms with van der Waals surface area (Å²) < 4.78 is 19.3. The van der Waals surface area contributed by atoms with Gasteiger partial charge >= 0.3 is 0 Å². The number of fused-ring (bicyclic) bond motifs is 2. The van der Waals surface area contributed by atoms with Crippen LogP contribution in [0.1, 0.15) is 0 Å². The zero-order valence-electron chi connectivity index (χ0n) is 14.9. The highest BCUT2D eigenvalue weighted by molar-refractivity contribution is 7.24. The van der Waals surface area contributed by atoms with Gasteiger partial charge < -0.3 is 14.2 Å². The van der Waals surface area contributed by atoms with Crippen LogP contribution in [0.4, 0.5) is 0 Å². The Bertz CT molecular complexity index is 1030. The fourth-order valence-electron chi connectivity index (χ4n) is 3.31. The van der Waals surface area contributed by atoms with Crippen LogP contribution in [-0.4, -0.2) is 21.3 Å². The molecule has 130 valence electrons. The van der Waals surface area contributed by atoms with Crippen LogP contribution in [0.5, 0.6) is 17.2 Å². The number of hydrogen-bond donors (Lipinski definition) is 0. The number of ether oxygens (including phenoxy) is 3. The quantitative estimate of drug-likeness (QED) is 0.327. The summed E-state index contributed by atoms with van der Waals surface area (Å²) in [6, 6.07) is 20.7. The molecule has 4 heteroatoms. The second kappa shape index (κ2) is 6.81. The highest BCUT2D eigenvalue weighted by atomic mass is 32.1. The summed E-state index contributed by atoms with van der Waals surface area (Å²) in [7, 11) is 4.99. The maximum absolute atomic E-state index is 5.73. The number of hydrogen-bond acceptors (Lipinski definition) is 3. The molecule has 3 aromatic carbocycles. The molecule has 0 radical (unpaired) electrons. The Morgan fingerprint density at radius 1 is 0.615 bits per heavy atom. The highest BCUT2D eigenvalue weighted by Crippen LogP contribution is 2.48. The molecule has 0 atom stereocenters. The van der Waals surface area contributed by atoms with Gasteiger partial charge in [0.1, 0.15) is 17.2 Å². The molecule has 0 amide bonds. The van der Waals surface area contributed by atoms with E-state index in [0.717, 1.165) is 22.6 Å². The molecule has 3 nitrogen and oxygen atoms in total. The third-order valence-corrected chi connectivity index (χ3v) is 5.65. The van der Waals surface area contributed by atoms with E-state index < -0.39 is 0 Å². The van der Waals surface area contributed by atoms with E-state index in [2.05, 4.69) is 48.5 Å². The second-order valence-corrected chi connectivity index (χ2v) is 6.96. The van der Waals surface area contributed by atoms with Crippen molar-refractivity contribution in [2.75, 3.05) is 21.3 Å². The predicted molar refractivity (Wildman–Crippen MR) is 109 cm³/mol. The summed E-state index contributed by atoms with van der Waals surface area (Å²) in [5.74, 6) is 2.16. The van der Waals surface area contributed by atoms with Crippen LogP contribution in [-0.2, 0) is 0 Å². The zero-order chi connectivity index (χ0) is 18.1. The Labute approximate surface area is 156 Å². The molecule has 4 rings (SSSR count). The summed E-state index contributed by atoms with van der Waals surface area (Å²) in [5, 5.41) is 2.36. The van der Waals surface area contributed by atoms with Crippen molar-refractivity contribution in [1.82, 2.24) is 0 Å². The average Bonchev–Trinajstić information content (AvgIpc) is 2.71. The highest BCUT2D eigenvalue weighted by Gasteiger charge is 2.24. The molecule has 26 heavy (non-hydrogen) atoms. The molecule has 4 aromatic rings. The molecule has 0 fully saturated rings. The van der Waals surface area contributed by atoms with E-state index in [1.54, 1.807) is 32.7 Å². The smallest absolute Gasteiger partial charge is 0.239 e. The largest absolute Gasteiger partial charge is 0.496 e. The van der Waals surface area contributed by atoms with Gasteiger partial charge in [0.2, 0.25) is 20.7 Å². The molecule has 0 saturated carbocycles. The Morgan fingerprint density at radius 2 is 1.12 bits per heavy atom. The van der Waals surface area contributed by atoms with Gasteiger partial charge in [0, 0.05) is 40.6 Å². The van der Waals surface area contributed by atoms with Crippen molar-refractivity contribution in [3.05, 3.63) is 60.7 Å². The fraction of sp³-hybridized carbons (Fsp3) is 0.136. The van der Waals surface area contributed by atoms with E-state index in [9.17, 15) is 0 Å². The predicted octanol–water partition coefficient (Wildman–Crippen LogP) is 6.03. The van der Waals surface area contributed by atoms with E-state index in [1.165, 1.54) is 20.2 Å². The van der Waals surface area contributed by atoms with Gasteiger partial charge in [0.15, 0.2) is 0 Å². The van der Waals surface area contributed by atoms with Gasteiger partial charge in [-0.3, -0.25) is 0 Å². The third-order valence-electron chi connectivity index (χ3n) is 4.50. The number of methoxy groups -OCH3 is 3. The number of benzene rings is 3. The summed E-state index contributed by atoms with van der Waals surface area (Å²) in [5.41, 5.74) is 2.06. The lowest BCUT2D eigenvalue weighted by molar-refractivity contribution is 0.377.